The van der Waals surface area contributed by atoms with E-state index in [-0.39, 0.29) is 12.1 Å². The molecule has 1 N–H and O–H groups in total. The van der Waals surface area contributed by atoms with Gasteiger partial charge in [-0.1, -0.05) is 72.8 Å². The molecule has 2 unspecified atom stereocenters. The zero-order valence-corrected chi connectivity index (χ0v) is 14.3. The standard InChI is InChI=1S/C22H24N2O/c25-22(24-15-19-13-7-8-14-20(19)16-24)23-21(17-9-3-1-4-10-17)18-11-5-2-6-12-18/h1-12,19-21H,13-16H2,(H,23,25). The van der Waals surface area contributed by atoms with E-state index in [0.29, 0.717) is 11.8 Å². The first-order valence-corrected chi connectivity index (χ1v) is 9.11. The van der Waals surface area contributed by atoms with Crippen molar-refractivity contribution in [1.29, 1.82) is 0 Å². The van der Waals surface area contributed by atoms with Gasteiger partial charge >= 0.3 is 6.03 Å². The summed E-state index contributed by atoms with van der Waals surface area (Å²) in [5.74, 6) is 1.25. The maximum absolute atomic E-state index is 12.9. The fourth-order valence-corrected chi connectivity index (χ4v) is 4.05. The molecule has 0 spiro atoms. The van der Waals surface area contributed by atoms with Gasteiger partial charge in [-0.05, 0) is 35.8 Å². The first-order valence-electron chi connectivity index (χ1n) is 9.11. The summed E-state index contributed by atoms with van der Waals surface area (Å²) < 4.78 is 0. The van der Waals surface area contributed by atoms with E-state index in [1.54, 1.807) is 0 Å². The van der Waals surface area contributed by atoms with Crippen molar-refractivity contribution in [3.63, 3.8) is 0 Å². The Morgan fingerprint density at radius 3 is 1.80 bits per heavy atom. The zero-order chi connectivity index (χ0) is 17.1. The highest BCUT2D eigenvalue weighted by atomic mass is 16.2. The number of likely N-dealkylation sites (tertiary alicyclic amines) is 1. The van der Waals surface area contributed by atoms with Crippen LogP contribution < -0.4 is 5.32 Å². The van der Waals surface area contributed by atoms with Gasteiger partial charge in [-0.2, -0.15) is 0 Å². The summed E-state index contributed by atoms with van der Waals surface area (Å²) in [7, 11) is 0. The summed E-state index contributed by atoms with van der Waals surface area (Å²) >= 11 is 0. The van der Waals surface area contributed by atoms with E-state index in [9.17, 15) is 4.79 Å². The number of amides is 2. The Kier molecular flexibility index (Phi) is 4.55. The van der Waals surface area contributed by atoms with Gasteiger partial charge in [0.15, 0.2) is 0 Å². The highest BCUT2D eigenvalue weighted by Gasteiger charge is 2.35. The van der Waals surface area contributed by atoms with Gasteiger partial charge in [0, 0.05) is 13.1 Å². The first-order chi connectivity index (χ1) is 12.3. The van der Waals surface area contributed by atoms with E-state index < -0.39 is 0 Å². The Hall–Kier alpha value is -2.55. The van der Waals surface area contributed by atoms with Crippen LogP contribution in [0, 0.1) is 11.8 Å². The van der Waals surface area contributed by atoms with Crippen molar-refractivity contribution in [3.05, 3.63) is 83.9 Å². The summed E-state index contributed by atoms with van der Waals surface area (Å²) in [6.07, 6.45) is 6.74. The number of carbonyl (C=O) groups excluding carboxylic acids is 1. The Bertz CT molecular complexity index is 686. The van der Waals surface area contributed by atoms with Crippen molar-refractivity contribution in [2.45, 2.75) is 18.9 Å². The number of benzene rings is 2. The van der Waals surface area contributed by atoms with E-state index >= 15 is 0 Å². The maximum atomic E-state index is 12.9. The molecule has 1 aliphatic heterocycles. The van der Waals surface area contributed by atoms with Crippen LogP contribution in [0.5, 0.6) is 0 Å². The predicted octanol–water partition coefficient (Wildman–Crippen LogP) is 4.38. The number of hydrogen-bond donors (Lipinski definition) is 1. The minimum atomic E-state index is -0.115. The number of nitrogens with one attached hydrogen (secondary N) is 1. The van der Waals surface area contributed by atoms with Gasteiger partial charge in [0.25, 0.3) is 0 Å². The molecule has 0 radical (unpaired) electrons. The topological polar surface area (TPSA) is 32.3 Å². The van der Waals surface area contributed by atoms with E-state index in [1.165, 1.54) is 0 Å². The predicted molar refractivity (Wildman–Crippen MR) is 100 cm³/mol. The van der Waals surface area contributed by atoms with Crippen LogP contribution in [0.4, 0.5) is 4.79 Å². The Balaban J connectivity index is 1.52. The number of rotatable bonds is 3. The molecule has 0 aromatic heterocycles. The lowest BCUT2D eigenvalue weighted by atomic mass is 9.86. The lowest BCUT2D eigenvalue weighted by Gasteiger charge is -2.24. The van der Waals surface area contributed by atoms with E-state index in [2.05, 4.69) is 41.7 Å². The molecule has 1 heterocycles. The Morgan fingerprint density at radius 2 is 1.32 bits per heavy atom. The fraction of sp³-hybridized carbons (Fsp3) is 0.318. The fourth-order valence-electron chi connectivity index (χ4n) is 4.05. The minimum Gasteiger partial charge on any atom is -0.327 e. The highest BCUT2D eigenvalue weighted by molar-refractivity contribution is 5.75. The third-order valence-electron chi connectivity index (χ3n) is 5.44. The van der Waals surface area contributed by atoms with Crippen molar-refractivity contribution >= 4 is 6.03 Å². The molecule has 3 heteroatoms. The van der Waals surface area contributed by atoms with Crippen molar-refractivity contribution in [2.75, 3.05) is 13.1 Å². The van der Waals surface area contributed by atoms with Crippen molar-refractivity contribution in [3.8, 4) is 0 Å². The van der Waals surface area contributed by atoms with Crippen LogP contribution in [-0.2, 0) is 0 Å². The summed E-state index contributed by atoms with van der Waals surface area (Å²) in [4.78, 5) is 14.9. The minimum absolute atomic E-state index is 0.0482. The lowest BCUT2D eigenvalue weighted by Crippen LogP contribution is -2.41. The van der Waals surface area contributed by atoms with Crippen LogP contribution in [0.1, 0.15) is 30.0 Å². The summed E-state index contributed by atoms with van der Waals surface area (Å²) in [6, 6.07) is 20.3. The highest BCUT2D eigenvalue weighted by Crippen LogP contribution is 2.33. The van der Waals surface area contributed by atoms with E-state index in [0.717, 1.165) is 37.1 Å². The number of hydrogen-bond acceptors (Lipinski definition) is 1. The number of fused-ring (bicyclic) bond motifs is 1. The Labute approximate surface area is 149 Å². The van der Waals surface area contributed by atoms with Crippen LogP contribution in [0.15, 0.2) is 72.8 Å². The molecule has 25 heavy (non-hydrogen) atoms. The average molecular weight is 332 g/mol. The molecule has 2 amide bonds. The molecule has 1 aliphatic carbocycles. The van der Waals surface area contributed by atoms with E-state index in [4.69, 9.17) is 0 Å². The third-order valence-corrected chi connectivity index (χ3v) is 5.44. The molecule has 0 saturated carbocycles. The lowest BCUT2D eigenvalue weighted by molar-refractivity contribution is 0.204. The monoisotopic (exact) mass is 332 g/mol. The molecular weight excluding hydrogens is 308 g/mol. The summed E-state index contributed by atoms with van der Waals surface area (Å²) in [5, 5.41) is 3.27. The second kappa shape index (κ2) is 7.14. The van der Waals surface area contributed by atoms with Crippen LogP contribution in [0.3, 0.4) is 0 Å². The summed E-state index contributed by atoms with van der Waals surface area (Å²) in [5.41, 5.74) is 2.22. The van der Waals surface area contributed by atoms with Gasteiger partial charge in [0.2, 0.25) is 0 Å². The second-order valence-corrected chi connectivity index (χ2v) is 7.07. The molecule has 2 aliphatic rings. The van der Waals surface area contributed by atoms with Crippen molar-refractivity contribution in [2.24, 2.45) is 11.8 Å². The zero-order valence-electron chi connectivity index (χ0n) is 14.3. The van der Waals surface area contributed by atoms with Gasteiger partial charge in [-0.15, -0.1) is 0 Å². The summed E-state index contributed by atoms with van der Waals surface area (Å²) in [6.45, 7) is 1.74. The van der Waals surface area contributed by atoms with Gasteiger partial charge in [-0.25, -0.2) is 4.79 Å². The van der Waals surface area contributed by atoms with Crippen molar-refractivity contribution < 1.29 is 4.79 Å². The van der Waals surface area contributed by atoms with Gasteiger partial charge in [0.1, 0.15) is 0 Å². The first kappa shape index (κ1) is 15.9. The molecule has 2 aromatic rings. The molecule has 1 saturated heterocycles. The van der Waals surface area contributed by atoms with Crippen LogP contribution >= 0.6 is 0 Å². The Morgan fingerprint density at radius 1 is 0.840 bits per heavy atom. The average Bonchev–Trinajstić information content (AvgIpc) is 3.12. The van der Waals surface area contributed by atoms with Crippen LogP contribution in [-0.4, -0.2) is 24.0 Å². The van der Waals surface area contributed by atoms with Gasteiger partial charge < -0.3 is 10.2 Å². The van der Waals surface area contributed by atoms with Crippen LogP contribution in [0.2, 0.25) is 0 Å². The van der Waals surface area contributed by atoms with Gasteiger partial charge in [0.05, 0.1) is 6.04 Å². The normalized spacial score (nSPS) is 22.0. The largest absolute Gasteiger partial charge is 0.327 e. The smallest absolute Gasteiger partial charge is 0.318 e. The number of allylic oxidation sites excluding steroid dienone is 2. The van der Waals surface area contributed by atoms with Crippen molar-refractivity contribution in [1.82, 2.24) is 10.2 Å². The van der Waals surface area contributed by atoms with Crippen LogP contribution in [0.25, 0.3) is 0 Å². The maximum Gasteiger partial charge on any atom is 0.318 e. The second-order valence-electron chi connectivity index (χ2n) is 7.07. The third kappa shape index (κ3) is 3.46. The molecule has 128 valence electrons. The molecular formula is C22H24N2O. The molecule has 0 bridgehead atoms. The molecule has 3 nitrogen and oxygen atoms in total. The molecule has 4 rings (SSSR count). The molecule has 1 fully saturated rings. The molecule has 2 aromatic carbocycles. The van der Waals surface area contributed by atoms with Gasteiger partial charge in [-0.3, -0.25) is 0 Å². The number of urea groups is 1. The SMILES string of the molecule is O=C(NC(c1ccccc1)c1ccccc1)N1CC2CC=CCC2C1. The number of carbonyl (C=O) groups is 1. The molecule has 2 atom stereocenters. The number of nitrogens with zero attached hydrogens (tertiary/aromatic N) is 1. The van der Waals surface area contributed by atoms with E-state index in [1.807, 2.05) is 41.3 Å². The quantitative estimate of drug-likeness (QED) is 0.831.